The summed E-state index contributed by atoms with van der Waals surface area (Å²) in [5, 5.41) is 0. The maximum Gasteiger partial charge on any atom is 0.240 e. The molecule has 1 heterocycles. The fourth-order valence-electron chi connectivity index (χ4n) is 2.52. The molecule has 1 aromatic carbocycles. The first-order valence-corrected chi connectivity index (χ1v) is 8.78. The van der Waals surface area contributed by atoms with Crippen molar-refractivity contribution in [1.29, 1.82) is 0 Å². The molecule has 0 saturated carbocycles. The molecule has 2 rings (SSSR count). The van der Waals surface area contributed by atoms with Gasteiger partial charge in [-0.25, -0.2) is 13.1 Å². The zero-order valence-corrected chi connectivity index (χ0v) is 13.1. The highest BCUT2D eigenvalue weighted by Crippen LogP contribution is 2.13. The predicted octanol–water partition coefficient (Wildman–Crippen LogP) is 2.15. The van der Waals surface area contributed by atoms with E-state index in [0.29, 0.717) is 11.4 Å². The van der Waals surface area contributed by atoms with E-state index >= 15 is 0 Å². The fourth-order valence-corrected chi connectivity index (χ4v) is 3.64. The van der Waals surface area contributed by atoms with Crippen LogP contribution in [-0.2, 0) is 10.0 Å². The Hall–Kier alpha value is -0.910. The summed E-state index contributed by atoms with van der Waals surface area (Å²) in [6.07, 6.45) is 3.72. The summed E-state index contributed by atoms with van der Waals surface area (Å²) in [5.41, 5.74) is 1.06. The van der Waals surface area contributed by atoms with Crippen LogP contribution in [-0.4, -0.2) is 39.0 Å². The van der Waals surface area contributed by atoms with E-state index in [2.05, 4.69) is 16.5 Å². The average Bonchev–Trinajstić information content (AvgIpc) is 2.46. The largest absolute Gasteiger partial charge is 0.299 e. The van der Waals surface area contributed by atoms with Crippen molar-refractivity contribution in [3.63, 3.8) is 0 Å². The van der Waals surface area contributed by atoms with E-state index in [-0.39, 0.29) is 6.04 Å². The van der Waals surface area contributed by atoms with Crippen molar-refractivity contribution >= 4 is 10.0 Å². The van der Waals surface area contributed by atoms with Crippen molar-refractivity contribution in [3.05, 3.63) is 29.8 Å². The van der Waals surface area contributed by atoms with Crippen LogP contribution in [0.2, 0.25) is 0 Å². The van der Waals surface area contributed by atoms with Crippen LogP contribution in [0.1, 0.15) is 31.7 Å². The molecule has 1 atom stereocenters. The van der Waals surface area contributed by atoms with Gasteiger partial charge in [-0.15, -0.1) is 0 Å². The first-order valence-electron chi connectivity index (χ1n) is 7.29. The number of sulfonamides is 1. The number of rotatable bonds is 5. The van der Waals surface area contributed by atoms with Crippen LogP contribution in [0.4, 0.5) is 0 Å². The number of nitrogens with one attached hydrogen (secondary N) is 1. The van der Waals surface area contributed by atoms with E-state index in [1.807, 2.05) is 19.1 Å². The van der Waals surface area contributed by atoms with E-state index in [1.165, 1.54) is 19.3 Å². The topological polar surface area (TPSA) is 49.4 Å². The smallest absolute Gasteiger partial charge is 0.240 e. The van der Waals surface area contributed by atoms with Gasteiger partial charge in [-0.1, -0.05) is 24.1 Å². The maximum atomic E-state index is 12.2. The molecule has 1 aromatic rings. The molecule has 0 bridgehead atoms. The summed E-state index contributed by atoms with van der Waals surface area (Å²) in [6, 6.07) is 7.20. The molecule has 1 saturated heterocycles. The van der Waals surface area contributed by atoms with Crippen molar-refractivity contribution in [2.75, 3.05) is 19.6 Å². The van der Waals surface area contributed by atoms with Crippen LogP contribution in [0, 0.1) is 6.92 Å². The van der Waals surface area contributed by atoms with Crippen LogP contribution >= 0.6 is 0 Å². The molecule has 0 aromatic heterocycles. The minimum Gasteiger partial charge on any atom is -0.299 e. The summed E-state index contributed by atoms with van der Waals surface area (Å²) in [5.74, 6) is 0. The lowest BCUT2D eigenvalue weighted by molar-refractivity contribution is 0.175. The van der Waals surface area contributed by atoms with Gasteiger partial charge in [0.1, 0.15) is 0 Å². The first-order chi connectivity index (χ1) is 9.49. The monoisotopic (exact) mass is 296 g/mol. The van der Waals surface area contributed by atoms with Crippen LogP contribution in [0.3, 0.4) is 0 Å². The van der Waals surface area contributed by atoms with Crippen molar-refractivity contribution in [2.45, 2.75) is 44.0 Å². The fraction of sp³-hybridized carbons (Fsp3) is 0.600. The van der Waals surface area contributed by atoms with Crippen LogP contribution in [0.15, 0.2) is 29.2 Å². The molecule has 0 amide bonds. The van der Waals surface area contributed by atoms with E-state index in [4.69, 9.17) is 0 Å². The Morgan fingerprint density at radius 2 is 1.75 bits per heavy atom. The molecule has 0 spiro atoms. The molecule has 0 aliphatic carbocycles. The first kappa shape index (κ1) is 15.5. The van der Waals surface area contributed by atoms with Crippen LogP contribution in [0.25, 0.3) is 0 Å². The summed E-state index contributed by atoms with van der Waals surface area (Å²) in [6.45, 7) is 6.66. The van der Waals surface area contributed by atoms with Crippen molar-refractivity contribution in [3.8, 4) is 0 Å². The number of piperidine rings is 1. The summed E-state index contributed by atoms with van der Waals surface area (Å²) in [4.78, 5) is 2.70. The highest BCUT2D eigenvalue weighted by molar-refractivity contribution is 7.89. The standard InChI is InChI=1S/C15H24N2O2S/c1-13-6-8-15(9-7-13)20(18,19)16-12-14(2)17-10-4-3-5-11-17/h6-9,14,16H,3-5,10-12H2,1-2H3. The molecular formula is C15H24N2O2S. The lowest BCUT2D eigenvalue weighted by Crippen LogP contribution is -2.44. The molecule has 5 heteroatoms. The number of hydrogen-bond acceptors (Lipinski definition) is 3. The number of benzene rings is 1. The molecule has 0 radical (unpaired) electrons. The van der Waals surface area contributed by atoms with Gasteiger partial charge in [-0.05, 0) is 51.9 Å². The Labute approximate surface area is 122 Å². The Morgan fingerprint density at radius 3 is 2.35 bits per heavy atom. The van der Waals surface area contributed by atoms with Gasteiger partial charge in [0, 0.05) is 12.6 Å². The Kier molecular flexibility index (Phi) is 5.18. The quantitative estimate of drug-likeness (QED) is 0.906. The van der Waals surface area contributed by atoms with Crippen LogP contribution < -0.4 is 4.72 Å². The summed E-state index contributed by atoms with van der Waals surface area (Å²) >= 11 is 0. The molecular weight excluding hydrogens is 272 g/mol. The third-order valence-corrected chi connectivity index (χ3v) is 5.35. The van der Waals surface area contributed by atoms with Gasteiger partial charge in [-0.3, -0.25) is 4.90 Å². The van der Waals surface area contributed by atoms with Crippen molar-refractivity contribution in [2.24, 2.45) is 0 Å². The van der Waals surface area contributed by atoms with E-state index < -0.39 is 10.0 Å². The highest BCUT2D eigenvalue weighted by atomic mass is 32.2. The normalized spacial score (nSPS) is 18.9. The van der Waals surface area contributed by atoms with Gasteiger partial charge in [0.05, 0.1) is 4.90 Å². The molecule has 1 fully saturated rings. The van der Waals surface area contributed by atoms with Gasteiger partial charge in [0.15, 0.2) is 0 Å². The molecule has 4 nitrogen and oxygen atoms in total. The van der Waals surface area contributed by atoms with E-state index in [0.717, 1.165) is 18.7 Å². The second kappa shape index (κ2) is 6.70. The third kappa shape index (κ3) is 4.04. The Morgan fingerprint density at radius 1 is 1.15 bits per heavy atom. The zero-order chi connectivity index (χ0) is 14.6. The number of likely N-dealkylation sites (tertiary alicyclic amines) is 1. The minimum atomic E-state index is -3.39. The zero-order valence-electron chi connectivity index (χ0n) is 12.3. The summed E-state index contributed by atoms with van der Waals surface area (Å²) in [7, 11) is -3.39. The molecule has 1 aliphatic heterocycles. The lowest BCUT2D eigenvalue weighted by atomic mass is 10.1. The highest BCUT2D eigenvalue weighted by Gasteiger charge is 2.19. The number of hydrogen-bond donors (Lipinski definition) is 1. The minimum absolute atomic E-state index is 0.246. The Balaban J connectivity index is 1.93. The van der Waals surface area contributed by atoms with Gasteiger partial charge >= 0.3 is 0 Å². The van der Waals surface area contributed by atoms with Crippen molar-refractivity contribution < 1.29 is 8.42 Å². The maximum absolute atomic E-state index is 12.2. The number of aryl methyl sites for hydroxylation is 1. The van der Waals surface area contributed by atoms with Crippen molar-refractivity contribution in [1.82, 2.24) is 9.62 Å². The molecule has 1 unspecified atom stereocenters. The van der Waals surface area contributed by atoms with Crippen LogP contribution in [0.5, 0.6) is 0 Å². The molecule has 1 N–H and O–H groups in total. The van der Waals surface area contributed by atoms with Gasteiger partial charge in [0.2, 0.25) is 10.0 Å². The molecule has 20 heavy (non-hydrogen) atoms. The van der Waals surface area contributed by atoms with Gasteiger partial charge < -0.3 is 0 Å². The number of nitrogens with zero attached hydrogens (tertiary/aromatic N) is 1. The van der Waals surface area contributed by atoms with Gasteiger partial charge in [-0.2, -0.15) is 0 Å². The summed E-state index contributed by atoms with van der Waals surface area (Å²) < 4.78 is 27.1. The second-order valence-corrected chi connectivity index (χ2v) is 7.38. The van der Waals surface area contributed by atoms with E-state index in [1.54, 1.807) is 12.1 Å². The lowest BCUT2D eigenvalue weighted by Gasteiger charge is -2.32. The second-order valence-electron chi connectivity index (χ2n) is 5.61. The third-order valence-electron chi connectivity index (χ3n) is 3.91. The van der Waals surface area contributed by atoms with Gasteiger partial charge in [0.25, 0.3) is 0 Å². The average molecular weight is 296 g/mol. The Bertz CT molecular complexity index is 519. The predicted molar refractivity (Wildman–Crippen MR) is 81.3 cm³/mol. The molecule has 112 valence electrons. The SMILES string of the molecule is Cc1ccc(S(=O)(=O)NCC(C)N2CCCCC2)cc1. The van der Waals surface area contributed by atoms with E-state index in [9.17, 15) is 8.42 Å². The molecule has 1 aliphatic rings.